The van der Waals surface area contributed by atoms with E-state index in [-0.39, 0.29) is 18.1 Å². The normalized spacial score (nSPS) is 15.3. The van der Waals surface area contributed by atoms with E-state index in [9.17, 15) is 9.90 Å². The Hall–Kier alpha value is -2.75. The summed E-state index contributed by atoms with van der Waals surface area (Å²) in [5.74, 6) is -0.292. The molecule has 1 aliphatic rings. The van der Waals surface area contributed by atoms with Gasteiger partial charge in [-0.1, -0.05) is 23.4 Å². The predicted molar refractivity (Wildman–Crippen MR) is 110 cm³/mol. The van der Waals surface area contributed by atoms with Crippen LogP contribution < -0.4 is 10.2 Å². The number of aliphatic hydroxyl groups is 1. The molecule has 2 aromatic heterocycles. The van der Waals surface area contributed by atoms with Crippen LogP contribution in [0.1, 0.15) is 27.0 Å². The molecule has 1 saturated heterocycles. The zero-order chi connectivity index (χ0) is 20.1. The first-order valence-corrected chi connectivity index (χ1v) is 10.4. The number of hydrogen-bond acceptors (Lipinski definition) is 7. The number of aromatic nitrogens is 3. The number of ether oxygens (including phenoxy) is 1. The van der Waals surface area contributed by atoms with Crippen LogP contribution in [-0.4, -0.2) is 52.3 Å². The van der Waals surface area contributed by atoms with Gasteiger partial charge in [-0.25, -0.2) is 4.68 Å². The monoisotopic (exact) mass is 413 g/mol. The number of benzene rings is 1. The second kappa shape index (κ2) is 9.17. The largest absolute Gasteiger partial charge is 0.386 e. The molecule has 0 bridgehead atoms. The summed E-state index contributed by atoms with van der Waals surface area (Å²) in [6.45, 7) is 3.96. The van der Waals surface area contributed by atoms with Crippen LogP contribution in [0.3, 0.4) is 0 Å². The standard InChI is InChI=1S/C20H23N5O3S/c26-18(19-2-1-11-29-19)14-25-13-17(22-23-25)20(27)21-12-15-3-5-16(6-4-15)24-7-9-28-10-8-24/h1-6,11,13,18,26H,7-10,12,14H2,(H,21,27). The van der Waals surface area contributed by atoms with Gasteiger partial charge in [-0.15, -0.1) is 16.4 Å². The van der Waals surface area contributed by atoms with E-state index < -0.39 is 6.10 Å². The van der Waals surface area contributed by atoms with Crippen LogP contribution >= 0.6 is 11.3 Å². The number of anilines is 1. The van der Waals surface area contributed by atoms with Crippen LogP contribution in [0.15, 0.2) is 48.0 Å². The van der Waals surface area contributed by atoms with Crippen molar-refractivity contribution < 1.29 is 14.6 Å². The lowest BCUT2D eigenvalue weighted by Crippen LogP contribution is -2.36. The van der Waals surface area contributed by atoms with Crippen molar-refractivity contribution >= 4 is 22.9 Å². The van der Waals surface area contributed by atoms with Crippen LogP contribution in [0.25, 0.3) is 0 Å². The van der Waals surface area contributed by atoms with E-state index in [1.165, 1.54) is 16.0 Å². The Bertz CT molecular complexity index is 920. The molecule has 1 aromatic carbocycles. The maximum absolute atomic E-state index is 12.4. The molecule has 1 amide bonds. The number of nitrogens with zero attached hydrogens (tertiary/aromatic N) is 4. The smallest absolute Gasteiger partial charge is 0.273 e. The molecular weight excluding hydrogens is 390 g/mol. The summed E-state index contributed by atoms with van der Waals surface area (Å²) in [4.78, 5) is 15.5. The van der Waals surface area contributed by atoms with Crippen molar-refractivity contribution in [2.24, 2.45) is 0 Å². The molecule has 1 unspecified atom stereocenters. The average Bonchev–Trinajstić information content (AvgIpc) is 3.45. The van der Waals surface area contributed by atoms with Gasteiger partial charge >= 0.3 is 0 Å². The molecule has 3 aromatic rings. The molecule has 2 N–H and O–H groups in total. The summed E-state index contributed by atoms with van der Waals surface area (Å²) in [5, 5.41) is 22.8. The van der Waals surface area contributed by atoms with Crippen molar-refractivity contribution in [3.63, 3.8) is 0 Å². The van der Waals surface area contributed by atoms with Crippen molar-refractivity contribution in [1.82, 2.24) is 20.3 Å². The molecule has 0 aliphatic carbocycles. The highest BCUT2D eigenvalue weighted by Gasteiger charge is 2.15. The van der Waals surface area contributed by atoms with Crippen LogP contribution in [-0.2, 0) is 17.8 Å². The fourth-order valence-corrected chi connectivity index (χ4v) is 3.86. The number of thiophene rings is 1. The van der Waals surface area contributed by atoms with Gasteiger partial charge in [0.1, 0.15) is 6.10 Å². The summed E-state index contributed by atoms with van der Waals surface area (Å²) < 4.78 is 6.86. The third-order valence-electron chi connectivity index (χ3n) is 4.77. The molecular formula is C20H23N5O3S. The quantitative estimate of drug-likeness (QED) is 0.614. The lowest BCUT2D eigenvalue weighted by atomic mass is 10.2. The zero-order valence-corrected chi connectivity index (χ0v) is 16.7. The molecule has 0 spiro atoms. The third-order valence-corrected chi connectivity index (χ3v) is 5.74. The Labute approximate surface area is 172 Å². The minimum Gasteiger partial charge on any atom is -0.386 e. The van der Waals surface area contributed by atoms with Crippen molar-refractivity contribution in [2.45, 2.75) is 19.2 Å². The molecule has 29 heavy (non-hydrogen) atoms. The Balaban J connectivity index is 1.29. The third kappa shape index (κ3) is 5.00. The van der Waals surface area contributed by atoms with Crippen molar-refractivity contribution in [2.75, 3.05) is 31.2 Å². The van der Waals surface area contributed by atoms with Crippen molar-refractivity contribution in [3.8, 4) is 0 Å². The van der Waals surface area contributed by atoms with Gasteiger partial charge in [0.2, 0.25) is 0 Å². The van der Waals surface area contributed by atoms with Gasteiger partial charge in [-0.2, -0.15) is 0 Å². The molecule has 0 radical (unpaired) electrons. The highest BCUT2D eigenvalue weighted by atomic mass is 32.1. The predicted octanol–water partition coefficient (Wildman–Crippen LogP) is 1.84. The first-order valence-electron chi connectivity index (χ1n) is 9.50. The summed E-state index contributed by atoms with van der Waals surface area (Å²) in [5.41, 5.74) is 2.40. The maximum atomic E-state index is 12.4. The Morgan fingerprint density at radius 3 is 2.76 bits per heavy atom. The minimum absolute atomic E-state index is 0.230. The van der Waals surface area contributed by atoms with Crippen LogP contribution in [0.2, 0.25) is 0 Å². The number of nitrogens with one attached hydrogen (secondary N) is 1. The van der Waals surface area contributed by atoms with Gasteiger partial charge in [0.15, 0.2) is 5.69 Å². The second-order valence-corrected chi connectivity index (χ2v) is 7.78. The lowest BCUT2D eigenvalue weighted by Gasteiger charge is -2.28. The van der Waals surface area contributed by atoms with Crippen LogP contribution in [0, 0.1) is 0 Å². The van der Waals surface area contributed by atoms with Gasteiger partial charge in [0.05, 0.1) is 26.0 Å². The summed E-state index contributed by atoms with van der Waals surface area (Å²) >= 11 is 1.48. The topological polar surface area (TPSA) is 92.5 Å². The highest BCUT2D eigenvalue weighted by Crippen LogP contribution is 2.20. The molecule has 0 saturated carbocycles. The molecule has 1 atom stereocenters. The number of hydrogen-bond donors (Lipinski definition) is 2. The second-order valence-electron chi connectivity index (χ2n) is 6.81. The molecule has 1 fully saturated rings. The van der Waals surface area contributed by atoms with E-state index in [4.69, 9.17) is 4.74 Å². The number of rotatable bonds is 7. The Kier molecular flexibility index (Phi) is 6.18. The molecule has 8 nitrogen and oxygen atoms in total. The lowest BCUT2D eigenvalue weighted by molar-refractivity contribution is 0.0945. The SMILES string of the molecule is O=C(NCc1ccc(N2CCOCC2)cc1)c1cn(CC(O)c2cccs2)nn1. The molecule has 9 heteroatoms. The van der Waals surface area contributed by atoms with Gasteiger partial charge in [-0.05, 0) is 29.1 Å². The Morgan fingerprint density at radius 2 is 2.03 bits per heavy atom. The Morgan fingerprint density at radius 1 is 1.24 bits per heavy atom. The number of carbonyl (C=O) groups is 1. The summed E-state index contributed by atoms with van der Waals surface area (Å²) in [7, 11) is 0. The first kappa shape index (κ1) is 19.6. The van der Waals surface area contributed by atoms with Gasteiger partial charge < -0.3 is 20.1 Å². The zero-order valence-electron chi connectivity index (χ0n) is 15.9. The van der Waals surface area contributed by atoms with E-state index in [0.717, 1.165) is 42.4 Å². The first-order chi connectivity index (χ1) is 14.2. The maximum Gasteiger partial charge on any atom is 0.273 e. The van der Waals surface area contributed by atoms with E-state index in [2.05, 4.69) is 32.7 Å². The fraction of sp³-hybridized carbons (Fsp3) is 0.350. The average molecular weight is 414 g/mol. The van der Waals surface area contributed by atoms with Gasteiger partial charge in [-0.3, -0.25) is 4.79 Å². The van der Waals surface area contributed by atoms with Gasteiger partial charge in [0, 0.05) is 30.2 Å². The molecule has 3 heterocycles. The number of amides is 1. The van der Waals surface area contributed by atoms with Crippen LogP contribution in [0.5, 0.6) is 0 Å². The van der Waals surface area contributed by atoms with E-state index >= 15 is 0 Å². The fourth-order valence-electron chi connectivity index (χ4n) is 3.16. The van der Waals surface area contributed by atoms with Gasteiger partial charge in [0.25, 0.3) is 5.91 Å². The number of morpholine rings is 1. The summed E-state index contributed by atoms with van der Waals surface area (Å²) in [6, 6.07) is 11.9. The van der Waals surface area contributed by atoms with E-state index in [0.29, 0.717) is 6.54 Å². The van der Waals surface area contributed by atoms with Crippen molar-refractivity contribution in [3.05, 3.63) is 64.1 Å². The molecule has 1 aliphatic heterocycles. The molecule has 4 rings (SSSR count). The summed E-state index contributed by atoms with van der Waals surface area (Å²) in [6.07, 6.45) is 0.880. The van der Waals surface area contributed by atoms with Crippen molar-refractivity contribution in [1.29, 1.82) is 0 Å². The number of carbonyl (C=O) groups excluding carboxylic acids is 1. The van der Waals surface area contributed by atoms with Crippen LogP contribution in [0.4, 0.5) is 5.69 Å². The highest BCUT2D eigenvalue weighted by molar-refractivity contribution is 7.10. The minimum atomic E-state index is -0.669. The van der Waals surface area contributed by atoms with E-state index in [1.54, 1.807) is 6.20 Å². The number of aliphatic hydroxyl groups excluding tert-OH is 1. The molecule has 152 valence electrons. The van der Waals surface area contributed by atoms with E-state index in [1.807, 2.05) is 29.6 Å².